The Morgan fingerprint density at radius 2 is 2.08 bits per heavy atom. The Morgan fingerprint density at radius 3 is 2.75 bits per heavy atom. The van der Waals surface area contributed by atoms with Crippen molar-refractivity contribution in [1.82, 2.24) is 14.6 Å². The first-order valence-electron chi connectivity index (χ1n) is 3.04. The molecular weight excluding hydrogens is 204 g/mol. The Kier molecular flexibility index (Phi) is 1.66. The number of rotatable bonds is 0. The molecule has 0 fully saturated rings. The molecule has 12 heavy (non-hydrogen) atoms. The summed E-state index contributed by atoms with van der Waals surface area (Å²) >= 11 is 11.0. The predicted molar refractivity (Wildman–Crippen MR) is 43.0 cm³/mol. The molecule has 0 saturated carbocycles. The van der Waals surface area contributed by atoms with Crippen LogP contribution in [0.1, 0.15) is 0 Å². The highest BCUT2D eigenvalue weighted by Gasteiger charge is 2.13. The first kappa shape index (κ1) is 7.76. The molecule has 0 unspecified atom stereocenters. The molecule has 0 aliphatic carbocycles. The van der Waals surface area contributed by atoms with Gasteiger partial charge < -0.3 is 0 Å². The number of fused-ring (bicyclic) bond motifs is 1. The molecule has 0 saturated heterocycles. The van der Waals surface area contributed by atoms with Crippen LogP contribution in [-0.4, -0.2) is 14.6 Å². The van der Waals surface area contributed by atoms with E-state index in [0.29, 0.717) is 0 Å². The Morgan fingerprint density at radius 1 is 1.33 bits per heavy atom. The van der Waals surface area contributed by atoms with Gasteiger partial charge in [-0.2, -0.15) is 5.10 Å². The summed E-state index contributed by atoms with van der Waals surface area (Å²) in [6.07, 6.45) is 2.88. The molecule has 0 bridgehead atoms. The van der Waals surface area contributed by atoms with Gasteiger partial charge >= 0.3 is 0 Å². The van der Waals surface area contributed by atoms with Gasteiger partial charge in [-0.3, -0.25) is 0 Å². The summed E-state index contributed by atoms with van der Waals surface area (Å²) in [5, 5.41) is 3.50. The molecular formula is C6H2Cl2FN3. The van der Waals surface area contributed by atoms with Gasteiger partial charge in [-0.15, -0.1) is 0 Å². The maximum atomic E-state index is 13.1. The molecule has 0 radical (unpaired) electrons. The van der Waals surface area contributed by atoms with E-state index >= 15 is 0 Å². The molecule has 2 rings (SSSR count). The molecule has 0 aliphatic heterocycles. The van der Waals surface area contributed by atoms with E-state index in [1.54, 1.807) is 0 Å². The quantitative estimate of drug-likeness (QED) is 0.661. The van der Waals surface area contributed by atoms with E-state index in [1.165, 1.54) is 16.9 Å². The number of hydrogen-bond acceptors (Lipinski definition) is 2. The molecule has 0 atom stereocenters. The van der Waals surface area contributed by atoms with Gasteiger partial charge in [-0.05, 0) is 0 Å². The Balaban J connectivity index is 2.97. The summed E-state index contributed by atoms with van der Waals surface area (Å²) in [4.78, 5) is 3.69. The molecule has 62 valence electrons. The molecule has 0 aliphatic rings. The van der Waals surface area contributed by atoms with E-state index in [4.69, 9.17) is 23.2 Å². The SMILES string of the molecule is Fc1c(Cl)nn2ccnc(Cl)c12. The molecule has 0 aromatic carbocycles. The lowest BCUT2D eigenvalue weighted by molar-refractivity contribution is 0.639. The van der Waals surface area contributed by atoms with Gasteiger partial charge in [0.1, 0.15) is 5.52 Å². The van der Waals surface area contributed by atoms with Crippen LogP contribution < -0.4 is 0 Å². The number of aromatic nitrogens is 3. The van der Waals surface area contributed by atoms with E-state index in [0.717, 1.165) is 0 Å². The van der Waals surface area contributed by atoms with Crippen molar-refractivity contribution in [3.05, 3.63) is 28.5 Å². The molecule has 6 heteroatoms. The summed E-state index contributed by atoms with van der Waals surface area (Å²) in [6, 6.07) is 0. The molecule has 0 spiro atoms. The van der Waals surface area contributed by atoms with E-state index in [9.17, 15) is 4.39 Å². The lowest BCUT2D eigenvalue weighted by atomic mass is 10.5. The first-order chi connectivity index (χ1) is 5.70. The van der Waals surface area contributed by atoms with Gasteiger partial charge in [0.05, 0.1) is 0 Å². The number of halogens is 3. The second-order valence-corrected chi connectivity index (χ2v) is 2.83. The Hall–Kier alpha value is -0.870. The lowest BCUT2D eigenvalue weighted by Gasteiger charge is -1.91. The van der Waals surface area contributed by atoms with Crippen molar-refractivity contribution in [2.75, 3.05) is 0 Å². The second-order valence-electron chi connectivity index (χ2n) is 2.12. The third-order valence-corrected chi connectivity index (χ3v) is 1.92. The van der Waals surface area contributed by atoms with Crippen LogP contribution in [0.15, 0.2) is 12.4 Å². The largest absolute Gasteiger partial charge is 0.241 e. The van der Waals surface area contributed by atoms with E-state index in [2.05, 4.69) is 10.1 Å². The van der Waals surface area contributed by atoms with E-state index in [-0.39, 0.29) is 15.8 Å². The summed E-state index contributed by atoms with van der Waals surface area (Å²) in [5.74, 6) is -0.644. The zero-order valence-electron chi connectivity index (χ0n) is 5.63. The molecule has 2 aromatic rings. The Bertz CT molecular complexity index is 440. The van der Waals surface area contributed by atoms with Gasteiger partial charge in [0.25, 0.3) is 0 Å². The van der Waals surface area contributed by atoms with Crippen LogP contribution in [0.2, 0.25) is 10.3 Å². The molecule has 0 amide bonds. The average molecular weight is 206 g/mol. The zero-order chi connectivity index (χ0) is 8.72. The van der Waals surface area contributed by atoms with Crippen LogP contribution in [0.3, 0.4) is 0 Å². The van der Waals surface area contributed by atoms with Crippen molar-refractivity contribution in [2.45, 2.75) is 0 Å². The zero-order valence-corrected chi connectivity index (χ0v) is 7.14. The van der Waals surface area contributed by atoms with Crippen molar-refractivity contribution in [1.29, 1.82) is 0 Å². The smallest absolute Gasteiger partial charge is 0.191 e. The highest BCUT2D eigenvalue weighted by atomic mass is 35.5. The predicted octanol–water partition coefficient (Wildman–Crippen LogP) is 2.18. The fraction of sp³-hybridized carbons (Fsp3) is 0. The first-order valence-corrected chi connectivity index (χ1v) is 3.79. The summed E-state index contributed by atoms with van der Waals surface area (Å²) in [7, 11) is 0. The minimum Gasteiger partial charge on any atom is -0.241 e. The fourth-order valence-corrected chi connectivity index (χ4v) is 1.30. The molecule has 0 N–H and O–H groups in total. The van der Waals surface area contributed by atoms with Crippen LogP contribution in [-0.2, 0) is 0 Å². The van der Waals surface area contributed by atoms with Gasteiger partial charge in [0.15, 0.2) is 16.1 Å². The monoisotopic (exact) mass is 205 g/mol. The van der Waals surface area contributed by atoms with Crippen molar-refractivity contribution in [3.8, 4) is 0 Å². The molecule has 2 heterocycles. The standard InChI is InChI=1S/C6H2Cl2FN3/c7-5-3(9)4-6(8)10-1-2-12(4)11-5/h1-2H. The number of nitrogens with zero attached hydrogens (tertiary/aromatic N) is 3. The third-order valence-electron chi connectivity index (χ3n) is 1.40. The summed E-state index contributed by atoms with van der Waals surface area (Å²) in [6.45, 7) is 0. The van der Waals surface area contributed by atoms with Crippen LogP contribution >= 0.6 is 23.2 Å². The van der Waals surface area contributed by atoms with Crippen molar-refractivity contribution >= 4 is 28.7 Å². The average Bonchev–Trinajstić information content (AvgIpc) is 2.29. The third kappa shape index (κ3) is 0.956. The highest BCUT2D eigenvalue weighted by molar-refractivity contribution is 6.34. The van der Waals surface area contributed by atoms with Crippen molar-refractivity contribution in [3.63, 3.8) is 0 Å². The minimum atomic E-state index is -0.644. The van der Waals surface area contributed by atoms with Gasteiger partial charge in [-0.25, -0.2) is 13.9 Å². The van der Waals surface area contributed by atoms with Crippen molar-refractivity contribution in [2.24, 2.45) is 0 Å². The van der Waals surface area contributed by atoms with Gasteiger partial charge in [0.2, 0.25) is 0 Å². The lowest BCUT2D eigenvalue weighted by Crippen LogP contribution is -1.88. The van der Waals surface area contributed by atoms with Gasteiger partial charge in [-0.1, -0.05) is 23.2 Å². The van der Waals surface area contributed by atoms with Crippen LogP contribution in [0.5, 0.6) is 0 Å². The topological polar surface area (TPSA) is 30.2 Å². The second kappa shape index (κ2) is 2.57. The number of hydrogen-bond donors (Lipinski definition) is 0. The molecule has 3 nitrogen and oxygen atoms in total. The van der Waals surface area contributed by atoms with Crippen LogP contribution in [0, 0.1) is 5.82 Å². The molecule has 2 aromatic heterocycles. The Labute approximate surface area is 76.7 Å². The summed E-state index contributed by atoms with van der Waals surface area (Å²) in [5.41, 5.74) is 0.101. The van der Waals surface area contributed by atoms with Crippen molar-refractivity contribution < 1.29 is 4.39 Å². The maximum absolute atomic E-state index is 13.1. The van der Waals surface area contributed by atoms with Gasteiger partial charge in [0, 0.05) is 12.4 Å². The highest BCUT2D eigenvalue weighted by Crippen LogP contribution is 2.22. The van der Waals surface area contributed by atoms with E-state index < -0.39 is 5.82 Å². The fourth-order valence-electron chi connectivity index (χ4n) is 0.903. The maximum Gasteiger partial charge on any atom is 0.191 e. The van der Waals surface area contributed by atoms with E-state index in [1.807, 2.05) is 0 Å². The minimum absolute atomic E-state index is 0.0504. The van der Waals surface area contributed by atoms with Crippen LogP contribution in [0.4, 0.5) is 4.39 Å². The summed E-state index contributed by atoms with van der Waals surface area (Å²) < 4.78 is 14.3. The van der Waals surface area contributed by atoms with Crippen LogP contribution in [0.25, 0.3) is 5.52 Å². The normalized spacial score (nSPS) is 10.9.